The summed E-state index contributed by atoms with van der Waals surface area (Å²) in [5, 5.41) is 2.95. The van der Waals surface area contributed by atoms with Gasteiger partial charge in [0.2, 0.25) is 11.8 Å². The zero-order valence-electron chi connectivity index (χ0n) is 11.7. The summed E-state index contributed by atoms with van der Waals surface area (Å²) in [6.07, 6.45) is 4.82. The Morgan fingerprint density at radius 1 is 1.33 bits per heavy atom. The maximum Gasteiger partial charge on any atom is 0.246 e. The summed E-state index contributed by atoms with van der Waals surface area (Å²) >= 11 is 0. The Hall–Kier alpha value is -1.06. The molecule has 0 aromatic rings. The van der Waals surface area contributed by atoms with Gasteiger partial charge in [-0.3, -0.25) is 9.59 Å². The smallest absolute Gasteiger partial charge is 0.246 e. The van der Waals surface area contributed by atoms with Gasteiger partial charge in [0, 0.05) is 6.54 Å². The number of amides is 2. The summed E-state index contributed by atoms with van der Waals surface area (Å²) in [5.74, 6) is 0.541. The SMILES string of the molecule is CCCCN1C(=O)C(C2CC2)NC(=O)C1(C)CC. The molecule has 0 bridgehead atoms. The van der Waals surface area contributed by atoms with Crippen molar-refractivity contribution in [1.29, 1.82) is 0 Å². The molecule has 1 saturated heterocycles. The lowest BCUT2D eigenvalue weighted by Gasteiger charge is -2.46. The molecule has 2 atom stereocenters. The van der Waals surface area contributed by atoms with Gasteiger partial charge in [0.05, 0.1) is 0 Å². The van der Waals surface area contributed by atoms with Gasteiger partial charge in [-0.2, -0.15) is 0 Å². The number of rotatable bonds is 5. The van der Waals surface area contributed by atoms with Crippen LogP contribution in [0, 0.1) is 5.92 Å². The second-order valence-corrected chi connectivity index (χ2v) is 5.76. The topological polar surface area (TPSA) is 49.4 Å². The number of unbranched alkanes of at least 4 members (excludes halogenated alkanes) is 1. The lowest BCUT2D eigenvalue weighted by molar-refractivity contribution is -0.157. The van der Waals surface area contributed by atoms with E-state index in [0.29, 0.717) is 18.9 Å². The van der Waals surface area contributed by atoms with E-state index in [1.54, 1.807) is 0 Å². The van der Waals surface area contributed by atoms with Crippen molar-refractivity contribution in [2.45, 2.75) is 64.5 Å². The van der Waals surface area contributed by atoms with E-state index in [0.717, 1.165) is 25.7 Å². The number of piperazine rings is 1. The first kappa shape index (κ1) is 13.4. The summed E-state index contributed by atoms with van der Waals surface area (Å²) in [5.41, 5.74) is -0.655. The Morgan fingerprint density at radius 2 is 2.00 bits per heavy atom. The van der Waals surface area contributed by atoms with E-state index in [4.69, 9.17) is 0 Å². The molecule has 1 N–H and O–H groups in total. The van der Waals surface area contributed by atoms with Crippen LogP contribution in [-0.4, -0.2) is 34.8 Å². The maximum absolute atomic E-state index is 12.5. The standard InChI is InChI=1S/C14H24N2O2/c1-4-6-9-16-12(17)11(10-7-8-10)15-13(18)14(16,3)5-2/h10-11H,4-9H2,1-3H3,(H,15,18). The van der Waals surface area contributed by atoms with Crippen molar-refractivity contribution in [3.63, 3.8) is 0 Å². The molecular formula is C14H24N2O2. The van der Waals surface area contributed by atoms with Crippen molar-refractivity contribution in [2.75, 3.05) is 6.54 Å². The lowest BCUT2D eigenvalue weighted by atomic mass is 9.89. The third-order valence-electron chi connectivity index (χ3n) is 4.42. The molecule has 1 heterocycles. The quantitative estimate of drug-likeness (QED) is 0.809. The normalized spacial score (nSPS) is 32.6. The Bertz CT molecular complexity index is 352. The fourth-order valence-electron chi connectivity index (χ4n) is 2.67. The third-order valence-corrected chi connectivity index (χ3v) is 4.42. The minimum Gasteiger partial charge on any atom is -0.342 e. The summed E-state index contributed by atoms with van der Waals surface area (Å²) in [4.78, 5) is 26.7. The number of hydrogen-bond donors (Lipinski definition) is 1. The number of carbonyl (C=O) groups is 2. The molecule has 1 aliphatic heterocycles. The Balaban J connectivity index is 2.20. The molecule has 0 aromatic carbocycles. The van der Waals surface area contributed by atoms with Crippen LogP contribution in [0.15, 0.2) is 0 Å². The molecule has 4 heteroatoms. The maximum atomic E-state index is 12.5. The molecule has 0 spiro atoms. The first-order valence-electron chi connectivity index (χ1n) is 7.17. The van der Waals surface area contributed by atoms with Crippen LogP contribution < -0.4 is 5.32 Å². The van der Waals surface area contributed by atoms with Gasteiger partial charge in [0.25, 0.3) is 0 Å². The van der Waals surface area contributed by atoms with Crippen molar-refractivity contribution in [3.05, 3.63) is 0 Å². The van der Waals surface area contributed by atoms with E-state index in [-0.39, 0.29) is 17.9 Å². The van der Waals surface area contributed by atoms with Crippen LogP contribution in [0.25, 0.3) is 0 Å². The van der Waals surface area contributed by atoms with Gasteiger partial charge >= 0.3 is 0 Å². The van der Waals surface area contributed by atoms with Crippen molar-refractivity contribution < 1.29 is 9.59 Å². The summed E-state index contributed by atoms with van der Waals surface area (Å²) < 4.78 is 0. The molecule has 2 fully saturated rings. The Labute approximate surface area is 109 Å². The van der Waals surface area contributed by atoms with Crippen LogP contribution in [0.4, 0.5) is 0 Å². The molecule has 102 valence electrons. The highest BCUT2D eigenvalue weighted by molar-refractivity contribution is 5.99. The molecule has 18 heavy (non-hydrogen) atoms. The number of nitrogens with one attached hydrogen (secondary N) is 1. The van der Waals surface area contributed by atoms with Crippen LogP contribution in [-0.2, 0) is 9.59 Å². The molecule has 0 aromatic heterocycles. The molecule has 0 radical (unpaired) electrons. The lowest BCUT2D eigenvalue weighted by Crippen LogP contribution is -2.69. The highest BCUT2D eigenvalue weighted by Gasteiger charge is 2.51. The fourth-order valence-corrected chi connectivity index (χ4v) is 2.67. The van der Waals surface area contributed by atoms with Crippen LogP contribution in [0.3, 0.4) is 0 Å². The highest BCUT2D eigenvalue weighted by atomic mass is 16.2. The van der Waals surface area contributed by atoms with Gasteiger partial charge in [-0.15, -0.1) is 0 Å². The number of hydrogen-bond acceptors (Lipinski definition) is 2. The molecule has 1 aliphatic carbocycles. The fraction of sp³-hybridized carbons (Fsp3) is 0.857. The predicted octanol–water partition coefficient (Wildman–Crippen LogP) is 1.69. The average Bonchev–Trinajstić information content (AvgIpc) is 3.18. The van der Waals surface area contributed by atoms with E-state index in [1.165, 1.54) is 0 Å². The molecule has 2 aliphatic rings. The Morgan fingerprint density at radius 3 is 2.50 bits per heavy atom. The van der Waals surface area contributed by atoms with Gasteiger partial charge in [0.15, 0.2) is 0 Å². The summed E-state index contributed by atoms with van der Waals surface area (Å²) in [6, 6.07) is -0.256. The van der Waals surface area contributed by atoms with Crippen LogP contribution >= 0.6 is 0 Å². The minimum absolute atomic E-state index is 0.0256. The zero-order valence-corrected chi connectivity index (χ0v) is 11.7. The molecule has 4 nitrogen and oxygen atoms in total. The first-order valence-corrected chi connectivity index (χ1v) is 7.17. The molecule has 2 rings (SSSR count). The van der Waals surface area contributed by atoms with Gasteiger partial charge < -0.3 is 10.2 Å². The summed E-state index contributed by atoms with van der Waals surface area (Å²) in [7, 11) is 0. The molecule has 1 saturated carbocycles. The highest BCUT2D eigenvalue weighted by Crippen LogP contribution is 2.37. The van der Waals surface area contributed by atoms with Crippen LogP contribution in [0.1, 0.15) is 52.9 Å². The van der Waals surface area contributed by atoms with E-state index in [2.05, 4.69) is 12.2 Å². The Kier molecular flexibility index (Phi) is 3.64. The zero-order chi connectivity index (χ0) is 13.3. The third kappa shape index (κ3) is 2.13. The largest absolute Gasteiger partial charge is 0.342 e. The van der Waals surface area contributed by atoms with Crippen molar-refractivity contribution >= 4 is 11.8 Å². The van der Waals surface area contributed by atoms with Gasteiger partial charge in [0.1, 0.15) is 11.6 Å². The average molecular weight is 252 g/mol. The number of nitrogens with zero attached hydrogens (tertiary/aromatic N) is 1. The van der Waals surface area contributed by atoms with Gasteiger partial charge in [-0.25, -0.2) is 0 Å². The monoisotopic (exact) mass is 252 g/mol. The second-order valence-electron chi connectivity index (χ2n) is 5.76. The molecule has 2 amide bonds. The summed E-state index contributed by atoms with van der Waals surface area (Å²) in [6.45, 7) is 6.68. The molecular weight excluding hydrogens is 228 g/mol. The van der Waals surface area contributed by atoms with Gasteiger partial charge in [-0.1, -0.05) is 20.3 Å². The predicted molar refractivity (Wildman–Crippen MR) is 70.0 cm³/mol. The minimum atomic E-state index is -0.655. The van der Waals surface area contributed by atoms with Crippen molar-refractivity contribution in [2.24, 2.45) is 5.92 Å². The first-order chi connectivity index (χ1) is 8.54. The second kappa shape index (κ2) is 4.90. The molecule has 2 unspecified atom stereocenters. The van der Waals surface area contributed by atoms with E-state index in [1.807, 2.05) is 18.7 Å². The van der Waals surface area contributed by atoms with Crippen LogP contribution in [0.5, 0.6) is 0 Å². The van der Waals surface area contributed by atoms with E-state index in [9.17, 15) is 9.59 Å². The van der Waals surface area contributed by atoms with Crippen LogP contribution in [0.2, 0.25) is 0 Å². The van der Waals surface area contributed by atoms with E-state index < -0.39 is 5.54 Å². The van der Waals surface area contributed by atoms with Gasteiger partial charge in [-0.05, 0) is 38.5 Å². The van der Waals surface area contributed by atoms with E-state index >= 15 is 0 Å². The van der Waals surface area contributed by atoms with Crippen molar-refractivity contribution in [1.82, 2.24) is 10.2 Å². The van der Waals surface area contributed by atoms with Crippen molar-refractivity contribution in [3.8, 4) is 0 Å². The number of carbonyl (C=O) groups excluding carboxylic acids is 2.